The van der Waals surface area contributed by atoms with Gasteiger partial charge in [-0.1, -0.05) is 211 Å². The van der Waals surface area contributed by atoms with Crippen molar-refractivity contribution in [1.29, 1.82) is 0 Å². The predicted octanol–water partition coefficient (Wildman–Crippen LogP) is 25.2. The number of nitrogens with zero attached hydrogens (tertiary/aromatic N) is 12. The van der Waals surface area contributed by atoms with E-state index in [9.17, 15) is 0 Å². The van der Waals surface area contributed by atoms with Crippen molar-refractivity contribution in [3.63, 3.8) is 0 Å². The Kier molecular flexibility index (Phi) is 34.8. The standard InChI is InChI=1S/C26H19N3.C22H15N3.C22H27N3.C16H15N3.8ClH.4Fe/c1-3-9-19(10-4-1)21-13-7-15-23(27-21)25-17-18-26(29-25)24-16-8-14-22(28-24)20-11-5-2-6-12-20;1-3-7-17-15(5-1)9-11-19(23-17)21-13-14-22(25-21)20-12-10-16-6-2-4-8-18(16)24-20;1-21(2,3)19-11-7-9-15(24-19)17-13-14-18(23-17)16-10-8-12-20(25-16)22(4,5)6;1-11-5-3-7-13(17-11)15-9-10-16(19-15)14-8-4-6-12(2)18-14;;;;;;;;;;;;/h1-17H,18H2;1-13H,14H2;7-13H,14H2,1-6H3;3-9H,10H2,1-2H3;8*1H;;;;/q;;;;;;;;;;;;4*+2/p-8. The molecule has 0 saturated heterocycles. The van der Waals surface area contributed by atoms with Crippen LogP contribution >= 0.6 is 80.8 Å². The van der Waals surface area contributed by atoms with Crippen LogP contribution in [0.5, 0.6) is 0 Å². The number of hydrogen-bond acceptors (Lipinski definition) is 12. The fourth-order valence-corrected chi connectivity index (χ4v) is 11.6. The molecule has 0 bridgehead atoms. The Morgan fingerprint density at radius 3 is 0.909 bits per heavy atom. The monoisotopic (exact) mass is 1780 g/mol. The van der Waals surface area contributed by atoms with E-state index in [0.717, 1.165) is 184 Å². The van der Waals surface area contributed by atoms with E-state index in [4.69, 9.17) is 126 Å². The zero-order chi connectivity index (χ0) is 78.4. The molecule has 110 heavy (non-hydrogen) atoms. The summed E-state index contributed by atoms with van der Waals surface area (Å²) in [5.74, 6) is 0. The molecule has 4 aromatic carbocycles. The van der Waals surface area contributed by atoms with Crippen LogP contribution in [0.25, 0.3) is 67.1 Å². The second-order valence-electron chi connectivity index (χ2n) is 26.6. The first-order valence-electron chi connectivity index (χ1n) is 34.4. The summed E-state index contributed by atoms with van der Waals surface area (Å²) in [6.07, 6.45) is 11.7. The summed E-state index contributed by atoms with van der Waals surface area (Å²) in [5.41, 5.74) is 25.6. The zero-order valence-electron chi connectivity index (χ0n) is 61.0. The number of para-hydroxylation sites is 2. The topological polar surface area (TPSA) is 153 Å². The molecule has 4 aliphatic heterocycles. The van der Waals surface area contributed by atoms with E-state index in [1.165, 1.54) is 0 Å². The van der Waals surface area contributed by atoms with Gasteiger partial charge < -0.3 is 0 Å². The minimum atomic E-state index is 0.0321. The molecule has 12 aromatic rings. The van der Waals surface area contributed by atoms with Gasteiger partial charge in [-0.05, 0) is 111 Å². The van der Waals surface area contributed by atoms with Crippen molar-refractivity contribution in [3.05, 3.63) is 335 Å². The third-order valence-electron chi connectivity index (χ3n) is 16.9. The van der Waals surface area contributed by atoms with Gasteiger partial charge in [-0.15, -0.1) is 0 Å². The number of halogens is 8. The number of fused-ring (bicyclic) bond motifs is 2. The van der Waals surface area contributed by atoms with Gasteiger partial charge in [0.1, 0.15) is 0 Å². The first kappa shape index (κ1) is 86.6. The van der Waals surface area contributed by atoms with Gasteiger partial charge in [0.2, 0.25) is 0 Å². The number of rotatable bonds is 10. The van der Waals surface area contributed by atoms with Crippen molar-refractivity contribution in [2.45, 2.75) is 91.9 Å². The SMILES string of the molecule is C1=C(c2ccc3ccccc3n2)N=C(c2ccc3ccccc3n2)C1.C1=C(c2cccc(-c3ccccc3)n2)N=C(c2cccc(-c3ccccc3)n2)C1.CC(C)(C)c1cccc(C2=CCC(c3cccc(C(C)(C)C)n3)=N2)n1.Cc1cccc(C2=CCC(c3cccc(C)n3)=N2)n1.[Cl][Fe][Cl].[Cl][Fe][Cl].[Cl][Fe][Cl].[Cl][Fe][Cl]. The fraction of sp³-hybridized carbons (Fsp3) is 0.163. The third-order valence-corrected chi connectivity index (χ3v) is 16.9. The van der Waals surface area contributed by atoms with Gasteiger partial charge in [0.15, 0.2) is 0 Å². The van der Waals surface area contributed by atoms with E-state index in [1.54, 1.807) is 0 Å². The molecule has 16 rings (SSSR count). The molecule has 4 aliphatic rings. The number of aryl methyl sites for hydroxylation is 2. The molecule has 0 unspecified atom stereocenters. The quantitative estimate of drug-likeness (QED) is 0.123. The average molecular weight is 1780 g/mol. The molecule has 8 aromatic heterocycles. The summed E-state index contributed by atoms with van der Waals surface area (Å²) >= 11 is 0.778. The molecule has 0 saturated carbocycles. The van der Waals surface area contributed by atoms with Gasteiger partial charge >= 0.3 is 133 Å². The summed E-state index contributed by atoms with van der Waals surface area (Å²) in [7, 11) is 38.1. The average Bonchev–Trinajstić information content (AvgIpc) is 1.65. The molecule has 12 heterocycles. The van der Waals surface area contributed by atoms with Crippen molar-refractivity contribution >= 4 is 148 Å². The van der Waals surface area contributed by atoms with Crippen molar-refractivity contribution in [3.8, 4) is 22.5 Å². The molecule has 0 radical (unpaired) electrons. The Morgan fingerprint density at radius 1 is 0.245 bits per heavy atom. The molecule has 12 nitrogen and oxygen atoms in total. The zero-order valence-corrected chi connectivity index (χ0v) is 71.5. The number of aliphatic imine (C=N–C) groups is 4. The molecule has 0 spiro atoms. The number of hydrogen-bond donors (Lipinski definition) is 0. The summed E-state index contributed by atoms with van der Waals surface area (Å²) < 4.78 is 0. The van der Waals surface area contributed by atoms with Crippen LogP contribution < -0.4 is 0 Å². The normalized spacial score (nSPS) is 13.3. The Morgan fingerprint density at radius 2 is 0.509 bits per heavy atom. The maximum atomic E-state index is 4.85. The van der Waals surface area contributed by atoms with Crippen LogP contribution in [0.1, 0.15) is 136 Å². The summed E-state index contributed by atoms with van der Waals surface area (Å²) in [6, 6.07) is 81.6. The number of allylic oxidation sites excluding steroid dienone is 4. The van der Waals surface area contributed by atoms with E-state index < -0.39 is 0 Å². The number of aromatic nitrogens is 8. The Balaban J connectivity index is 0.000000162. The Bertz CT molecular complexity index is 5330. The molecule has 0 aliphatic carbocycles. The predicted molar refractivity (Wildman–Crippen MR) is 450 cm³/mol. The van der Waals surface area contributed by atoms with Crippen LogP contribution in [0.4, 0.5) is 0 Å². The Labute approximate surface area is 703 Å². The van der Waals surface area contributed by atoms with Crippen LogP contribution in [0.2, 0.25) is 0 Å². The second kappa shape index (κ2) is 44.2. The first-order valence-corrected chi connectivity index (χ1v) is 46.6. The summed E-state index contributed by atoms with van der Waals surface area (Å²) in [4.78, 5) is 56.9. The Hall–Kier alpha value is -7.36. The molecule has 0 N–H and O–H groups in total. The van der Waals surface area contributed by atoms with E-state index in [-0.39, 0.29) is 63.4 Å². The number of benzene rings is 4. The minimum absolute atomic E-state index is 0.0321. The number of pyridine rings is 8. The van der Waals surface area contributed by atoms with Crippen LogP contribution in [0.3, 0.4) is 0 Å². The van der Waals surface area contributed by atoms with E-state index in [1.807, 2.05) is 184 Å². The second-order valence-corrected chi connectivity index (χ2v) is 33.9. The van der Waals surface area contributed by atoms with Gasteiger partial charge in [0.05, 0.1) is 114 Å². The fourth-order valence-electron chi connectivity index (χ4n) is 11.6. The van der Waals surface area contributed by atoms with Crippen LogP contribution in [-0.4, -0.2) is 62.7 Å². The molecule has 0 fully saturated rings. The van der Waals surface area contributed by atoms with Crippen LogP contribution in [-0.2, 0) is 63.4 Å². The van der Waals surface area contributed by atoms with Gasteiger partial charge in [-0.25, -0.2) is 39.9 Å². The third kappa shape index (κ3) is 25.8. The van der Waals surface area contributed by atoms with Crippen molar-refractivity contribution in [1.82, 2.24) is 39.9 Å². The first-order chi connectivity index (χ1) is 53.3. The maximum absolute atomic E-state index is 4.85. The van der Waals surface area contributed by atoms with E-state index in [2.05, 4.69) is 154 Å². The molecular weight excluding hydrogens is 1710 g/mol. The summed E-state index contributed by atoms with van der Waals surface area (Å²) in [6.45, 7) is 17.1. The molecule has 568 valence electrons. The van der Waals surface area contributed by atoms with Gasteiger partial charge in [0.25, 0.3) is 0 Å². The van der Waals surface area contributed by atoms with Gasteiger partial charge in [-0.3, -0.25) is 19.9 Å². The molecule has 0 atom stereocenters. The molecular formula is C86H76Cl8Fe4N12. The van der Waals surface area contributed by atoms with Crippen molar-refractivity contribution in [2.24, 2.45) is 20.0 Å². The van der Waals surface area contributed by atoms with Crippen molar-refractivity contribution < 1.29 is 52.5 Å². The van der Waals surface area contributed by atoms with E-state index in [0.29, 0.717) is 0 Å². The molecule has 0 amide bonds. The van der Waals surface area contributed by atoms with Crippen molar-refractivity contribution in [2.75, 3.05) is 0 Å². The van der Waals surface area contributed by atoms with Crippen LogP contribution in [0, 0.1) is 13.8 Å². The van der Waals surface area contributed by atoms with Gasteiger partial charge in [0, 0.05) is 81.2 Å². The van der Waals surface area contributed by atoms with E-state index >= 15 is 0 Å². The summed E-state index contributed by atoms with van der Waals surface area (Å²) in [5, 5.41) is 2.29. The van der Waals surface area contributed by atoms with Crippen LogP contribution in [0.15, 0.2) is 287 Å². The van der Waals surface area contributed by atoms with Gasteiger partial charge in [-0.2, -0.15) is 0 Å². The molecule has 24 heteroatoms.